The predicted octanol–water partition coefficient (Wildman–Crippen LogP) is 5.36. The van der Waals surface area contributed by atoms with Crippen molar-refractivity contribution in [1.29, 1.82) is 0 Å². The van der Waals surface area contributed by atoms with Gasteiger partial charge in [-0.15, -0.1) is 0 Å². The highest BCUT2D eigenvalue weighted by atomic mass is 14.9. The van der Waals surface area contributed by atoms with Crippen LogP contribution in [0.2, 0.25) is 0 Å². The zero-order chi connectivity index (χ0) is 14.1. The van der Waals surface area contributed by atoms with Crippen molar-refractivity contribution in [3.05, 3.63) is 36.1 Å². The maximum absolute atomic E-state index is 4.13. The van der Waals surface area contributed by atoms with Crippen LogP contribution < -0.4 is 5.32 Å². The Balaban J connectivity index is 2.19. The van der Waals surface area contributed by atoms with E-state index in [2.05, 4.69) is 50.9 Å². The van der Waals surface area contributed by atoms with Gasteiger partial charge in [0.25, 0.3) is 0 Å². The van der Waals surface area contributed by atoms with Crippen molar-refractivity contribution in [2.75, 3.05) is 0 Å². The minimum atomic E-state index is 0.661. The molecular weight excluding hydrogens is 230 g/mol. The van der Waals surface area contributed by atoms with E-state index in [0.717, 1.165) is 19.3 Å². The molecule has 1 nitrogen and oxygen atoms in total. The molecule has 1 fully saturated rings. The molecule has 1 aliphatic rings. The molecule has 0 unspecified atom stereocenters. The van der Waals surface area contributed by atoms with Gasteiger partial charge < -0.3 is 5.32 Å². The minimum absolute atomic E-state index is 0.661. The second-order valence-electron chi connectivity index (χ2n) is 5.95. The van der Waals surface area contributed by atoms with E-state index >= 15 is 0 Å². The monoisotopic (exact) mass is 261 g/mol. The Morgan fingerprint density at radius 2 is 2.00 bits per heavy atom. The second kappa shape index (κ2) is 9.01. The van der Waals surface area contributed by atoms with E-state index in [-0.39, 0.29) is 0 Å². The SMILES string of the molecule is C=C(CC/C=C/C=C(/CC)C(C)C)NC1CCCC1. The fraction of sp³-hybridized carbons (Fsp3) is 0.667. The molecule has 0 aromatic carbocycles. The Morgan fingerprint density at radius 1 is 1.32 bits per heavy atom. The first-order valence-corrected chi connectivity index (χ1v) is 7.93. The molecule has 1 N–H and O–H groups in total. The zero-order valence-electron chi connectivity index (χ0n) is 13.0. The Kier molecular flexibility index (Phi) is 7.62. The molecule has 0 atom stereocenters. The summed E-state index contributed by atoms with van der Waals surface area (Å²) in [6.45, 7) is 10.9. The lowest BCUT2D eigenvalue weighted by Gasteiger charge is -2.15. The van der Waals surface area contributed by atoms with Gasteiger partial charge in [0, 0.05) is 11.7 Å². The van der Waals surface area contributed by atoms with Gasteiger partial charge >= 0.3 is 0 Å². The molecule has 1 rings (SSSR count). The van der Waals surface area contributed by atoms with Crippen LogP contribution in [0.1, 0.15) is 65.7 Å². The third-order valence-electron chi connectivity index (χ3n) is 3.97. The van der Waals surface area contributed by atoms with Crippen LogP contribution in [0.25, 0.3) is 0 Å². The van der Waals surface area contributed by atoms with Crippen LogP contribution in [-0.2, 0) is 0 Å². The lowest BCUT2D eigenvalue weighted by Crippen LogP contribution is -2.24. The summed E-state index contributed by atoms with van der Waals surface area (Å²) in [5.41, 5.74) is 2.74. The molecule has 1 aliphatic carbocycles. The molecule has 0 saturated heterocycles. The largest absolute Gasteiger partial charge is 0.386 e. The third-order valence-corrected chi connectivity index (χ3v) is 3.97. The Morgan fingerprint density at radius 3 is 2.58 bits per heavy atom. The number of rotatable bonds is 8. The van der Waals surface area contributed by atoms with Crippen LogP contribution in [0.3, 0.4) is 0 Å². The molecular formula is C18H31N. The van der Waals surface area contributed by atoms with E-state index in [9.17, 15) is 0 Å². The van der Waals surface area contributed by atoms with E-state index < -0.39 is 0 Å². The van der Waals surface area contributed by atoms with Crippen LogP contribution >= 0.6 is 0 Å². The van der Waals surface area contributed by atoms with Gasteiger partial charge in [0.2, 0.25) is 0 Å². The first kappa shape index (κ1) is 16.1. The van der Waals surface area contributed by atoms with Crippen LogP contribution in [0.5, 0.6) is 0 Å². The van der Waals surface area contributed by atoms with Crippen LogP contribution in [0, 0.1) is 5.92 Å². The number of hydrogen-bond acceptors (Lipinski definition) is 1. The van der Waals surface area contributed by atoms with Crippen molar-refractivity contribution in [2.45, 2.75) is 71.8 Å². The molecule has 0 aromatic heterocycles. The molecule has 0 radical (unpaired) electrons. The molecule has 0 aromatic rings. The lowest BCUT2D eigenvalue weighted by molar-refractivity contribution is 0.571. The molecule has 19 heavy (non-hydrogen) atoms. The van der Waals surface area contributed by atoms with Crippen molar-refractivity contribution in [3.8, 4) is 0 Å². The molecule has 1 heteroatoms. The van der Waals surface area contributed by atoms with Gasteiger partial charge in [0.1, 0.15) is 0 Å². The molecule has 0 aliphatic heterocycles. The fourth-order valence-corrected chi connectivity index (χ4v) is 2.69. The topological polar surface area (TPSA) is 12.0 Å². The van der Waals surface area contributed by atoms with Crippen LogP contribution in [-0.4, -0.2) is 6.04 Å². The highest BCUT2D eigenvalue weighted by Gasteiger charge is 2.14. The Bertz CT molecular complexity index is 317. The average Bonchev–Trinajstić information content (AvgIpc) is 2.86. The minimum Gasteiger partial charge on any atom is -0.386 e. The maximum atomic E-state index is 4.13. The summed E-state index contributed by atoms with van der Waals surface area (Å²) in [6.07, 6.45) is 15.5. The van der Waals surface area contributed by atoms with E-state index in [1.54, 1.807) is 0 Å². The molecule has 108 valence electrons. The molecule has 0 spiro atoms. The second-order valence-corrected chi connectivity index (χ2v) is 5.95. The summed E-state index contributed by atoms with van der Waals surface area (Å²) in [4.78, 5) is 0. The quantitative estimate of drug-likeness (QED) is 0.580. The number of allylic oxidation sites excluding steroid dienone is 5. The van der Waals surface area contributed by atoms with Gasteiger partial charge in [-0.2, -0.15) is 0 Å². The van der Waals surface area contributed by atoms with Gasteiger partial charge in [-0.25, -0.2) is 0 Å². The number of nitrogens with one attached hydrogen (secondary N) is 1. The Labute approximate surface area is 119 Å². The van der Waals surface area contributed by atoms with Crippen molar-refractivity contribution in [2.24, 2.45) is 5.92 Å². The van der Waals surface area contributed by atoms with E-state index in [1.165, 1.54) is 37.0 Å². The standard InChI is InChI=1S/C18H31N/c1-5-17(15(2)3)12-8-6-7-11-16(4)19-18-13-9-10-14-18/h6,8,12,15,18-19H,4-5,7,9-11,13-14H2,1-3H3/b8-6+,17-12-. The summed E-state index contributed by atoms with van der Waals surface area (Å²) in [5, 5.41) is 3.56. The van der Waals surface area contributed by atoms with E-state index in [0.29, 0.717) is 12.0 Å². The Hall–Kier alpha value is -0.980. The first-order valence-electron chi connectivity index (χ1n) is 7.93. The first-order chi connectivity index (χ1) is 9.13. The molecule has 1 saturated carbocycles. The maximum Gasteiger partial charge on any atom is 0.0258 e. The lowest BCUT2D eigenvalue weighted by atomic mass is 10.0. The van der Waals surface area contributed by atoms with Gasteiger partial charge in [0.05, 0.1) is 0 Å². The normalized spacial score (nSPS) is 17.6. The summed E-state index contributed by atoms with van der Waals surface area (Å²) in [5.74, 6) is 0.661. The summed E-state index contributed by atoms with van der Waals surface area (Å²) >= 11 is 0. The third kappa shape index (κ3) is 6.66. The van der Waals surface area contributed by atoms with E-state index in [1.807, 2.05) is 0 Å². The van der Waals surface area contributed by atoms with Crippen molar-refractivity contribution in [1.82, 2.24) is 5.32 Å². The van der Waals surface area contributed by atoms with Crippen molar-refractivity contribution >= 4 is 0 Å². The predicted molar refractivity (Wildman–Crippen MR) is 86.1 cm³/mol. The fourth-order valence-electron chi connectivity index (χ4n) is 2.69. The highest BCUT2D eigenvalue weighted by Crippen LogP contribution is 2.19. The zero-order valence-corrected chi connectivity index (χ0v) is 13.0. The molecule has 0 heterocycles. The summed E-state index contributed by atoms with van der Waals surface area (Å²) in [7, 11) is 0. The van der Waals surface area contributed by atoms with Crippen molar-refractivity contribution < 1.29 is 0 Å². The van der Waals surface area contributed by atoms with Crippen molar-refractivity contribution in [3.63, 3.8) is 0 Å². The van der Waals surface area contributed by atoms with Gasteiger partial charge in [-0.1, -0.05) is 64.0 Å². The van der Waals surface area contributed by atoms with Crippen LogP contribution in [0.15, 0.2) is 36.1 Å². The summed E-state index contributed by atoms with van der Waals surface area (Å²) in [6, 6.07) is 0.698. The molecule has 0 bridgehead atoms. The summed E-state index contributed by atoms with van der Waals surface area (Å²) < 4.78 is 0. The average molecular weight is 261 g/mol. The molecule has 0 amide bonds. The van der Waals surface area contributed by atoms with Crippen LogP contribution in [0.4, 0.5) is 0 Å². The number of hydrogen-bond donors (Lipinski definition) is 1. The van der Waals surface area contributed by atoms with E-state index in [4.69, 9.17) is 0 Å². The smallest absolute Gasteiger partial charge is 0.0258 e. The van der Waals surface area contributed by atoms with Gasteiger partial charge in [0.15, 0.2) is 0 Å². The highest BCUT2D eigenvalue weighted by molar-refractivity contribution is 5.14. The van der Waals surface area contributed by atoms with Gasteiger partial charge in [-0.05, 0) is 38.0 Å². The van der Waals surface area contributed by atoms with Gasteiger partial charge in [-0.3, -0.25) is 0 Å².